The summed E-state index contributed by atoms with van der Waals surface area (Å²) >= 11 is 9.59. The summed E-state index contributed by atoms with van der Waals surface area (Å²) in [6, 6.07) is 20.3. The molecule has 3 aromatic rings. The van der Waals surface area contributed by atoms with Gasteiger partial charge in [0, 0.05) is 4.47 Å². The first-order chi connectivity index (χ1) is 15.0. The summed E-state index contributed by atoms with van der Waals surface area (Å²) in [5, 5.41) is 0.462. The van der Waals surface area contributed by atoms with E-state index in [-0.39, 0.29) is 11.6 Å². The summed E-state index contributed by atoms with van der Waals surface area (Å²) in [5.41, 5.74) is 2.51. The molecule has 0 spiro atoms. The molecule has 7 heteroatoms. The first-order valence-corrected chi connectivity index (χ1v) is 10.5. The molecule has 0 saturated heterocycles. The van der Waals surface area contributed by atoms with E-state index >= 15 is 0 Å². The minimum Gasteiger partial charge on any atom is -0.493 e. The Morgan fingerprint density at radius 1 is 1.06 bits per heavy atom. The normalized spacial score (nSPS) is 14.4. The largest absolute Gasteiger partial charge is 0.493 e. The van der Waals surface area contributed by atoms with Crippen LogP contribution in [-0.4, -0.2) is 19.0 Å². The molecule has 3 aromatic carbocycles. The lowest BCUT2D eigenvalue weighted by Gasteiger charge is -2.11. The molecule has 0 radical (unpaired) electrons. The van der Waals surface area contributed by atoms with E-state index < -0.39 is 5.97 Å². The number of rotatable bonds is 6. The van der Waals surface area contributed by atoms with E-state index in [0.717, 1.165) is 15.6 Å². The number of benzene rings is 3. The molecule has 0 bridgehead atoms. The molecule has 0 atom stereocenters. The van der Waals surface area contributed by atoms with Crippen LogP contribution in [0.2, 0.25) is 5.02 Å². The van der Waals surface area contributed by atoms with Crippen molar-refractivity contribution >= 4 is 45.5 Å². The lowest BCUT2D eigenvalue weighted by atomic mass is 10.1. The molecule has 1 aliphatic heterocycles. The molecule has 0 aromatic heterocycles. The van der Waals surface area contributed by atoms with E-state index in [4.69, 9.17) is 25.8 Å². The molecule has 156 valence electrons. The highest BCUT2D eigenvalue weighted by molar-refractivity contribution is 9.10. The van der Waals surface area contributed by atoms with Gasteiger partial charge >= 0.3 is 5.97 Å². The Kier molecular flexibility index (Phi) is 6.39. The van der Waals surface area contributed by atoms with E-state index in [1.807, 2.05) is 30.3 Å². The second-order valence-corrected chi connectivity index (χ2v) is 7.96. The van der Waals surface area contributed by atoms with Crippen molar-refractivity contribution in [1.29, 1.82) is 0 Å². The van der Waals surface area contributed by atoms with Crippen LogP contribution in [0.5, 0.6) is 11.5 Å². The highest BCUT2D eigenvalue weighted by Crippen LogP contribution is 2.31. The average molecular weight is 499 g/mol. The lowest BCUT2D eigenvalue weighted by Crippen LogP contribution is -2.05. The van der Waals surface area contributed by atoms with Gasteiger partial charge < -0.3 is 14.2 Å². The van der Waals surface area contributed by atoms with Gasteiger partial charge in [-0.1, -0.05) is 57.9 Å². The summed E-state index contributed by atoms with van der Waals surface area (Å²) in [4.78, 5) is 16.6. The first-order valence-electron chi connectivity index (χ1n) is 9.36. The van der Waals surface area contributed by atoms with Gasteiger partial charge in [-0.2, -0.15) is 0 Å². The standard InChI is InChI=1S/C24H17BrClNO4/c1-29-22-13-16(8-11-21(22)30-14-15-6-9-17(25)10-7-15)12-20-24(28)31-23(27-20)18-4-2-3-5-19(18)26/h2-13H,14H2,1H3/b20-12-. The fourth-order valence-corrected chi connectivity index (χ4v) is 3.43. The summed E-state index contributed by atoms with van der Waals surface area (Å²) in [5.74, 6) is 0.794. The number of ether oxygens (including phenoxy) is 3. The fourth-order valence-electron chi connectivity index (χ4n) is 2.95. The van der Waals surface area contributed by atoms with Gasteiger partial charge in [0.2, 0.25) is 5.90 Å². The molecule has 0 amide bonds. The summed E-state index contributed by atoms with van der Waals surface area (Å²) < 4.78 is 17.7. The predicted molar refractivity (Wildman–Crippen MR) is 124 cm³/mol. The monoisotopic (exact) mass is 497 g/mol. The molecule has 1 heterocycles. The highest BCUT2D eigenvalue weighted by Gasteiger charge is 2.25. The molecule has 0 fully saturated rings. The van der Waals surface area contributed by atoms with Crippen LogP contribution in [0.15, 0.2) is 81.9 Å². The van der Waals surface area contributed by atoms with Crippen molar-refractivity contribution in [3.05, 3.63) is 98.6 Å². The maximum Gasteiger partial charge on any atom is 0.363 e. The number of aliphatic imine (C=N–C) groups is 1. The maximum atomic E-state index is 12.3. The molecular formula is C24H17BrClNO4. The SMILES string of the molecule is COc1cc(/C=C2\N=C(c3ccccc3Cl)OC2=O)ccc1OCc1ccc(Br)cc1. The number of hydrogen-bond donors (Lipinski definition) is 0. The number of cyclic esters (lactones) is 1. The molecule has 1 aliphatic rings. The first kappa shape index (κ1) is 21.2. The Balaban J connectivity index is 1.54. The molecule has 0 saturated carbocycles. The third-order valence-corrected chi connectivity index (χ3v) is 5.38. The number of hydrogen-bond acceptors (Lipinski definition) is 5. The Bertz CT molecular complexity index is 1190. The van der Waals surface area contributed by atoms with Crippen molar-refractivity contribution in [2.75, 3.05) is 7.11 Å². The zero-order valence-electron chi connectivity index (χ0n) is 16.5. The fraction of sp³-hybridized carbons (Fsp3) is 0.0833. The van der Waals surface area contributed by atoms with Crippen molar-refractivity contribution in [2.24, 2.45) is 4.99 Å². The number of nitrogens with zero attached hydrogens (tertiary/aromatic N) is 1. The smallest absolute Gasteiger partial charge is 0.363 e. The van der Waals surface area contributed by atoms with E-state index in [9.17, 15) is 4.79 Å². The number of carbonyl (C=O) groups is 1. The Labute approximate surface area is 193 Å². The Morgan fingerprint density at radius 2 is 1.84 bits per heavy atom. The summed E-state index contributed by atoms with van der Waals surface area (Å²) in [6.07, 6.45) is 1.63. The Hall–Kier alpha value is -3.09. The second kappa shape index (κ2) is 9.37. The number of carbonyl (C=O) groups excluding carboxylic acids is 1. The van der Waals surface area contributed by atoms with E-state index in [0.29, 0.717) is 28.7 Å². The van der Waals surface area contributed by atoms with Gasteiger partial charge in [-0.05, 0) is 53.6 Å². The van der Waals surface area contributed by atoms with Crippen LogP contribution in [-0.2, 0) is 16.1 Å². The topological polar surface area (TPSA) is 57.1 Å². The average Bonchev–Trinajstić information content (AvgIpc) is 3.14. The van der Waals surface area contributed by atoms with E-state index in [1.54, 1.807) is 49.6 Å². The van der Waals surface area contributed by atoms with Gasteiger partial charge in [0.1, 0.15) is 6.61 Å². The number of halogens is 2. The highest BCUT2D eigenvalue weighted by atomic mass is 79.9. The van der Waals surface area contributed by atoms with Crippen molar-refractivity contribution in [2.45, 2.75) is 6.61 Å². The van der Waals surface area contributed by atoms with Gasteiger partial charge in [-0.25, -0.2) is 9.79 Å². The quantitative estimate of drug-likeness (QED) is 0.307. The van der Waals surface area contributed by atoms with Crippen LogP contribution in [0.3, 0.4) is 0 Å². The van der Waals surface area contributed by atoms with Crippen LogP contribution in [0.4, 0.5) is 0 Å². The van der Waals surface area contributed by atoms with Gasteiger partial charge in [0.25, 0.3) is 0 Å². The maximum absolute atomic E-state index is 12.3. The van der Waals surface area contributed by atoms with Crippen molar-refractivity contribution < 1.29 is 19.0 Å². The predicted octanol–water partition coefficient (Wildman–Crippen LogP) is 6.03. The number of methoxy groups -OCH3 is 1. The molecule has 4 rings (SSSR count). The molecule has 0 N–H and O–H groups in total. The minimum atomic E-state index is -0.538. The third kappa shape index (κ3) is 4.98. The summed E-state index contributed by atoms with van der Waals surface area (Å²) in [6.45, 7) is 0.405. The van der Waals surface area contributed by atoms with Gasteiger partial charge in [0.15, 0.2) is 17.2 Å². The van der Waals surface area contributed by atoms with Gasteiger partial charge in [0.05, 0.1) is 17.7 Å². The van der Waals surface area contributed by atoms with Crippen molar-refractivity contribution in [3.63, 3.8) is 0 Å². The molecule has 31 heavy (non-hydrogen) atoms. The minimum absolute atomic E-state index is 0.181. The van der Waals surface area contributed by atoms with Gasteiger partial charge in [-0.15, -0.1) is 0 Å². The molecule has 5 nitrogen and oxygen atoms in total. The van der Waals surface area contributed by atoms with Crippen LogP contribution in [0.25, 0.3) is 6.08 Å². The molecule has 0 aliphatic carbocycles. The zero-order valence-corrected chi connectivity index (χ0v) is 18.8. The number of esters is 1. The van der Waals surface area contributed by atoms with Crippen LogP contribution < -0.4 is 9.47 Å². The molecule has 0 unspecified atom stereocenters. The van der Waals surface area contributed by atoms with E-state index in [2.05, 4.69) is 20.9 Å². The lowest BCUT2D eigenvalue weighted by molar-refractivity contribution is -0.129. The third-order valence-electron chi connectivity index (χ3n) is 4.52. The molecular weight excluding hydrogens is 482 g/mol. The van der Waals surface area contributed by atoms with Crippen LogP contribution in [0, 0.1) is 0 Å². The van der Waals surface area contributed by atoms with Gasteiger partial charge in [-0.3, -0.25) is 0 Å². The summed E-state index contributed by atoms with van der Waals surface area (Å²) in [7, 11) is 1.57. The van der Waals surface area contributed by atoms with Crippen molar-refractivity contribution in [3.8, 4) is 11.5 Å². The van der Waals surface area contributed by atoms with Crippen LogP contribution in [0.1, 0.15) is 16.7 Å². The zero-order chi connectivity index (χ0) is 21.8. The van der Waals surface area contributed by atoms with Crippen LogP contribution >= 0.6 is 27.5 Å². The van der Waals surface area contributed by atoms with Crippen molar-refractivity contribution in [1.82, 2.24) is 0 Å². The Morgan fingerprint density at radius 3 is 2.58 bits per heavy atom. The van der Waals surface area contributed by atoms with E-state index in [1.165, 1.54) is 0 Å². The second-order valence-electron chi connectivity index (χ2n) is 6.64.